The molecule has 7 aromatic carbocycles. The molecule has 0 bridgehead atoms. The molecule has 0 fully saturated rings. The van der Waals surface area contributed by atoms with Crippen molar-refractivity contribution in [2.75, 3.05) is 9.80 Å². The van der Waals surface area contributed by atoms with Crippen LogP contribution in [0.4, 0.5) is 28.4 Å². The summed E-state index contributed by atoms with van der Waals surface area (Å²) in [5, 5.41) is 0. The lowest BCUT2D eigenvalue weighted by Gasteiger charge is -2.40. The first-order chi connectivity index (χ1) is 28.6. The number of nitrogens with zero attached hydrogens (tertiary/aromatic N) is 2. The molecule has 1 aliphatic heterocycles. The van der Waals surface area contributed by atoms with Gasteiger partial charge in [0, 0.05) is 33.9 Å². The molecule has 278 valence electrons. The molecule has 0 aromatic heterocycles. The van der Waals surface area contributed by atoms with E-state index in [0.29, 0.717) is 0 Å². The highest BCUT2D eigenvalue weighted by atomic mass is 15.2. The zero-order chi connectivity index (χ0) is 38.7. The summed E-state index contributed by atoms with van der Waals surface area (Å²) in [6.07, 6.45) is 17.4. The van der Waals surface area contributed by atoms with Crippen molar-refractivity contribution in [3.05, 3.63) is 252 Å². The van der Waals surface area contributed by atoms with Crippen molar-refractivity contribution in [2.45, 2.75) is 30.2 Å². The molecule has 0 saturated carbocycles. The molecule has 4 unspecified atom stereocenters. The molecule has 11 rings (SSSR count). The number of hydrogen-bond acceptors (Lipinski definition) is 2. The SMILES string of the molecule is CC12C=C(c3ccc(N(c4ccccc4)c4ccc5c(c4)C(c4ccccc4)(C4C=CC=CC4)c4ccccc4-5)cc3)C=CC1N(c1ccccc1)c1ccccc12. The average Bonchev–Trinajstić information content (AvgIpc) is 3.74. The summed E-state index contributed by atoms with van der Waals surface area (Å²) in [4.78, 5) is 4.93. The smallest absolute Gasteiger partial charge is 0.0655 e. The van der Waals surface area contributed by atoms with Crippen LogP contribution in [0.25, 0.3) is 16.7 Å². The van der Waals surface area contributed by atoms with Crippen LogP contribution in [-0.4, -0.2) is 6.04 Å². The van der Waals surface area contributed by atoms with Gasteiger partial charge in [-0.05, 0) is 118 Å². The van der Waals surface area contributed by atoms with Crippen LogP contribution in [0.15, 0.2) is 225 Å². The summed E-state index contributed by atoms with van der Waals surface area (Å²) in [6.45, 7) is 2.40. The van der Waals surface area contributed by atoms with Gasteiger partial charge in [-0.15, -0.1) is 0 Å². The largest absolute Gasteiger partial charge is 0.333 e. The lowest BCUT2D eigenvalue weighted by molar-refractivity contribution is 0.457. The fourth-order valence-corrected chi connectivity index (χ4v) is 10.6. The van der Waals surface area contributed by atoms with Gasteiger partial charge in [-0.3, -0.25) is 0 Å². The van der Waals surface area contributed by atoms with E-state index in [1.807, 2.05) is 0 Å². The number of anilines is 5. The monoisotopic (exact) mass is 744 g/mol. The third-order valence-electron chi connectivity index (χ3n) is 13.2. The summed E-state index contributed by atoms with van der Waals surface area (Å²) < 4.78 is 0. The normalized spacial score (nSPS) is 22.2. The van der Waals surface area contributed by atoms with Crippen LogP contribution in [0.3, 0.4) is 0 Å². The summed E-state index contributed by atoms with van der Waals surface area (Å²) >= 11 is 0. The Balaban J connectivity index is 1.01. The van der Waals surface area contributed by atoms with Crippen molar-refractivity contribution in [2.24, 2.45) is 5.92 Å². The lowest BCUT2D eigenvalue weighted by Crippen LogP contribution is -2.39. The van der Waals surface area contributed by atoms with E-state index in [1.54, 1.807) is 0 Å². The molecule has 0 radical (unpaired) electrons. The molecular formula is C56H44N2. The molecule has 4 atom stereocenters. The summed E-state index contributed by atoms with van der Waals surface area (Å²) in [5.41, 5.74) is 15.9. The van der Waals surface area contributed by atoms with Crippen LogP contribution in [-0.2, 0) is 10.8 Å². The average molecular weight is 745 g/mol. The van der Waals surface area contributed by atoms with Crippen molar-refractivity contribution in [3.63, 3.8) is 0 Å². The zero-order valence-corrected chi connectivity index (χ0v) is 32.6. The van der Waals surface area contributed by atoms with Crippen molar-refractivity contribution in [1.29, 1.82) is 0 Å². The van der Waals surface area contributed by atoms with E-state index in [1.165, 1.54) is 55.9 Å². The van der Waals surface area contributed by atoms with E-state index in [2.05, 4.69) is 241 Å². The molecule has 0 amide bonds. The van der Waals surface area contributed by atoms with Crippen LogP contribution in [0.1, 0.15) is 41.2 Å². The number of benzene rings is 7. The van der Waals surface area contributed by atoms with E-state index in [-0.39, 0.29) is 22.8 Å². The van der Waals surface area contributed by atoms with Crippen LogP contribution in [0.5, 0.6) is 0 Å². The predicted molar refractivity (Wildman–Crippen MR) is 243 cm³/mol. The first kappa shape index (κ1) is 34.4. The van der Waals surface area contributed by atoms with Gasteiger partial charge < -0.3 is 9.80 Å². The Morgan fingerprint density at radius 2 is 1.19 bits per heavy atom. The second-order valence-electron chi connectivity index (χ2n) is 16.2. The molecule has 1 heterocycles. The molecule has 0 saturated heterocycles. The first-order valence-electron chi connectivity index (χ1n) is 20.6. The summed E-state index contributed by atoms with van der Waals surface area (Å²) in [6, 6.07) is 67.4. The Hall–Kier alpha value is -6.90. The maximum atomic E-state index is 2.50. The van der Waals surface area contributed by atoms with E-state index in [9.17, 15) is 0 Å². The van der Waals surface area contributed by atoms with Crippen LogP contribution in [0.2, 0.25) is 0 Å². The number of fused-ring (bicyclic) bond motifs is 6. The quantitative estimate of drug-likeness (QED) is 0.160. The molecule has 3 aliphatic carbocycles. The van der Waals surface area contributed by atoms with E-state index in [0.717, 1.165) is 23.5 Å². The highest BCUT2D eigenvalue weighted by Gasteiger charge is 2.50. The van der Waals surface area contributed by atoms with Crippen LogP contribution < -0.4 is 9.80 Å². The molecular weight excluding hydrogens is 701 g/mol. The number of para-hydroxylation sites is 3. The minimum absolute atomic E-state index is 0.179. The van der Waals surface area contributed by atoms with Gasteiger partial charge in [0.25, 0.3) is 0 Å². The third-order valence-corrected chi connectivity index (χ3v) is 13.2. The standard InChI is InChI=1S/C56H44N2/c1-55-39-41(32-37-54(55)58(45-24-12-5-13-25-45)53-29-17-16-28-51(53)55)40-30-33-46(34-31-40)57(44-22-10-4-11-23-44)47-35-36-49-48-26-14-15-27-50(48)56(52(49)38-47,42-18-6-2-7-19-42)43-20-8-3-9-21-43/h2-20,22-39,43,54H,21H2,1H3. The Labute approximate surface area is 342 Å². The van der Waals surface area contributed by atoms with Crippen molar-refractivity contribution < 1.29 is 0 Å². The van der Waals surface area contributed by atoms with Crippen molar-refractivity contribution >= 4 is 34.0 Å². The molecule has 4 aliphatic rings. The molecule has 7 aromatic rings. The predicted octanol–water partition coefficient (Wildman–Crippen LogP) is 14.0. The van der Waals surface area contributed by atoms with Gasteiger partial charge in [-0.2, -0.15) is 0 Å². The van der Waals surface area contributed by atoms with E-state index >= 15 is 0 Å². The maximum Gasteiger partial charge on any atom is 0.0655 e. The summed E-state index contributed by atoms with van der Waals surface area (Å²) in [7, 11) is 0. The second kappa shape index (κ2) is 13.6. The minimum atomic E-state index is -0.334. The highest BCUT2D eigenvalue weighted by Crippen LogP contribution is 2.59. The Bertz CT molecular complexity index is 2780. The fourth-order valence-electron chi connectivity index (χ4n) is 10.6. The Kier molecular flexibility index (Phi) is 8.08. The number of rotatable bonds is 7. The minimum Gasteiger partial charge on any atom is -0.333 e. The lowest BCUT2D eigenvalue weighted by atomic mass is 9.62. The van der Waals surface area contributed by atoms with Crippen molar-refractivity contribution in [3.8, 4) is 11.1 Å². The fraction of sp³-hybridized carbons (Fsp3) is 0.107. The second-order valence-corrected chi connectivity index (χ2v) is 16.2. The molecule has 2 nitrogen and oxygen atoms in total. The van der Waals surface area contributed by atoms with E-state index in [4.69, 9.17) is 0 Å². The summed E-state index contributed by atoms with van der Waals surface area (Å²) in [5.74, 6) is 0.270. The molecule has 2 heteroatoms. The van der Waals surface area contributed by atoms with Crippen molar-refractivity contribution in [1.82, 2.24) is 0 Å². The van der Waals surface area contributed by atoms with Gasteiger partial charge in [0.2, 0.25) is 0 Å². The highest BCUT2D eigenvalue weighted by molar-refractivity contribution is 5.89. The zero-order valence-electron chi connectivity index (χ0n) is 32.6. The first-order valence-corrected chi connectivity index (χ1v) is 20.6. The Morgan fingerprint density at radius 3 is 1.95 bits per heavy atom. The molecule has 0 N–H and O–H groups in total. The van der Waals surface area contributed by atoms with Gasteiger partial charge in [0.05, 0.1) is 11.5 Å². The Morgan fingerprint density at radius 1 is 0.552 bits per heavy atom. The topological polar surface area (TPSA) is 6.48 Å². The van der Waals surface area contributed by atoms with Gasteiger partial charge in [-0.1, -0.05) is 170 Å². The third kappa shape index (κ3) is 5.18. The van der Waals surface area contributed by atoms with Gasteiger partial charge >= 0.3 is 0 Å². The van der Waals surface area contributed by atoms with Gasteiger partial charge in [0.1, 0.15) is 0 Å². The molecule has 58 heavy (non-hydrogen) atoms. The van der Waals surface area contributed by atoms with Gasteiger partial charge in [-0.25, -0.2) is 0 Å². The number of allylic oxidation sites excluding steroid dienone is 6. The molecule has 0 spiro atoms. The van der Waals surface area contributed by atoms with Crippen LogP contribution in [0, 0.1) is 5.92 Å². The van der Waals surface area contributed by atoms with Crippen LogP contribution >= 0.6 is 0 Å². The maximum absolute atomic E-state index is 2.50. The van der Waals surface area contributed by atoms with E-state index < -0.39 is 0 Å². The number of hydrogen-bond donors (Lipinski definition) is 0. The van der Waals surface area contributed by atoms with Gasteiger partial charge in [0.15, 0.2) is 0 Å².